The summed E-state index contributed by atoms with van der Waals surface area (Å²) in [5.74, 6) is 0.456. The summed E-state index contributed by atoms with van der Waals surface area (Å²) < 4.78 is 60.5. The van der Waals surface area contributed by atoms with Gasteiger partial charge < -0.3 is 19.1 Å². The molecular formula is C39H40FN5O6S. The van der Waals surface area contributed by atoms with E-state index in [1.807, 2.05) is 40.8 Å². The van der Waals surface area contributed by atoms with Crippen LogP contribution in [0.25, 0.3) is 22.2 Å². The molecule has 2 saturated heterocycles. The molecule has 0 radical (unpaired) electrons. The summed E-state index contributed by atoms with van der Waals surface area (Å²) in [6, 6.07) is 18.9. The predicted octanol–water partition coefficient (Wildman–Crippen LogP) is 6.32. The molecule has 1 amide bonds. The number of methoxy groups -OCH3 is 2. The van der Waals surface area contributed by atoms with Crippen molar-refractivity contribution in [2.75, 3.05) is 33.9 Å². The SMILES string of the molecule is COc1cccc(Oc2ccc(-c3nn(C4CCCN(C(=O)C5CC6(CN[C@@H]6S(=O)(=O)c6ccccc6C)C5)C4)c4c(OC)cncc34)cc2)c1F. The number of ether oxygens (including phenoxy) is 3. The topological polar surface area (TPSA) is 125 Å². The Labute approximate surface area is 301 Å². The average molecular weight is 726 g/mol. The molecule has 4 heterocycles. The van der Waals surface area contributed by atoms with E-state index < -0.39 is 26.4 Å². The van der Waals surface area contributed by atoms with Crippen molar-refractivity contribution < 1.29 is 31.8 Å². The summed E-state index contributed by atoms with van der Waals surface area (Å²) in [6.45, 7) is 3.53. The molecule has 8 rings (SSSR count). The first kappa shape index (κ1) is 34.1. The molecule has 1 spiro atoms. The van der Waals surface area contributed by atoms with Gasteiger partial charge in [0.1, 0.15) is 22.3 Å². The van der Waals surface area contributed by atoms with E-state index in [0.29, 0.717) is 54.6 Å². The predicted molar refractivity (Wildman–Crippen MR) is 193 cm³/mol. The maximum absolute atomic E-state index is 14.7. The quantitative estimate of drug-likeness (QED) is 0.186. The molecule has 2 aliphatic heterocycles. The molecule has 1 N–H and O–H groups in total. The fourth-order valence-corrected chi connectivity index (χ4v) is 10.5. The Kier molecular flexibility index (Phi) is 8.65. The van der Waals surface area contributed by atoms with Gasteiger partial charge in [0.25, 0.3) is 0 Å². The molecule has 1 aliphatic carbocycles. The number of sulfone groups is 1. The van der Waals surface area contributed by atoms with Crippen LogP contribution in [0, 0.1) is 24.1 Å². The van der Waals surface area contributed by atoms with Crippen LogP contribution in [0.15, 0.2) is 84.0 Å². The van der Waals surface area contributed by atoms with Crippen molar-refractivity contribution in [3.05, 3.63) is 90.5 Å². The molecule has 13 heteroatoms. The van der Waals surface area contributed by atoms with Crippen molar-refractivity contribution in [2.24, 2.45) is 11.3 Å². The number of amides is 1. The van der Waals surface area contributed by atoms with Crippen LogP contribution in [-0.4, -0.2) is 73.2 Å². The van der Waals surface area contributed by atoms with Gasteiger partial charge in [-0.3, -0.25) is 19.8 Å². The lowest BCUT2D eigenvalue weighted by atomic mass is 9.58. The standard InChI is InChI=1S/C39H40FN5O6S/c1-24-8-4-5-12-33(24)52(47,48)38-39(23-42-38)18-26(19-39)37(46)44-17-7-9-27(22-44)45-36-29(20-41-21-32(36)50-3)35(43-45)25-13-15-28(16-14-25)51-31-11-6-10-30(49-2)34(31)40/h4-6,8,10-16,20-21,26-27,38,42H,7,9,17-19,22-23H2,1-3H3/t26?,27?,38-,39?/m1/s1. The van der Waals surface area contributed by atoms with Crippen molar-refractivity contribution in [2.45, 2.75) is 48.9 Å². The minimum Gasteiger partial charge on any atom is -0.494 e. The zero-order valence-corrected chi connectivity index (χ0v) is 30.0. The third-order valence-corrected chi connectivity index (χ3v) is 13.3. The second-order valence-corrected chi connectivity index (χ2v) is 16.1. The van der Waals surface area contributed by atoms with Crippen LogP contribution in [0.2, 0.25) is 0 Å². The number of piperidine rings is 1. The molecule has 1 saturated carbocycles. The molecule has 2 aromatic heterocycles. The Morgan fingerprint density at radius 2 is 1.71 bits per heavy atom. The lowest BCUT2D eigenvalue weighted by Crippen LogP contribution is -2.71. The van der Waals surface area contributed by atoms with Gasteiger partial charge in [-0.15, -0.1) is 0 Å². The van der Waals surface area contributed by atoms with Gasteiger partial charge in [0.2, 0.25) is 11.7 Å². The van der Waals surface area contributed by atoms with Gasteiger partial charge in [-0.2, -0.15) is 9.49 Å². The molecule has 270 valence electrons. The van der Waals surface area contributed by atoms with Crippen LogP contribution in [0.4, 0.5) is 4.39 Å². The minimum atomic E-state index is -3.58. The van der Waals surface area contributed by atoms with E-state index in [1.54, 1.807) is 55.9 Å². The van der Waals surface area contributed by atoms with Gasteiger partial charge in [0.05, 0.1) is 36.7 Å². The number of halogens is 1. The number of benzene rings is 3. The number of fused-ring (bicyclic) bond motifs is 1. The Balaban J connectivity index is 1.01. The van der Waals surface area contributed by atoms with E-state index in [9.17, 15) is 17.6 Å². The molecule has 0 bridgehead atoms. The molecule has 3 aliphatic rings. The van der Waals surface area contributed by atoms with Crippen molar-refractivity contribution in [1.29, 1.82) is 0 Å². The van der Waals surface area contributed by atoms with Gasteiger partial charge in [-0.25, -0.2) is 8.42 Å². The molecule has 5 aromatic rings. The van der Waals surface area contributed by atoms with Crippen molar-refractivity contribution in [3.63, 3.8) is 0 Å². The summed E-state index contributed by atoms with van der Waals surface area (Å²) in [4.78, 5) is 20.6. The highest BCUT2D eigenvalue weighted by Gasteiger charge is 2.62. The minimum absolute atomic E-state index is 0.0562. The van der Waals surface area contributed by atoms with E-state index >= 15 is 0 Å². The van der Waals surface area contributed by atoms with Crippen molar-refractivity contribution in [3.8, 4) is 34.3 Å². The lowest BCUT2D eigenvalue weighted by molar-refractivity contribution is -0.148. The first-order valence-electron chi connectivity index (χ1n) is 17.5. The van der Waals surface area contributed by atoms with E-state index in [2.05, 4.69) is 10.3 Å². The van der Waals surface area contributed by atoms with E-state index in [4.69, 9.17) is 19.3 Å². The number of hydrogen-bond donors (Lipinski definition) is 1. The first-order valence-corrected chi connectivity index (χ1v) is 19.0. The normalized spacial score (nSPS) is 22.8. The van der Waals surface area contributed by atoms with Gasteiger partial charge >= 0.3 is 0 Å². The highest BCUT2D eigenvalue weighted by atomic mass is 32.2. The Hall–Kier alpha value is -5.01. The molecule has 3 fully saturated rings. The highest BCUT2D eigenvalue weighted by molar-refractivity contribution is 7.92. The smallest absolute Gasteiger partial charge is 0.225 e. The highest BCUT2D eigenvalue weighted by Crippen LogP contribution is 2.55. The van der Waals surface area contributed by atoms with Crippen LogP contribution < -0.4 is 19.5 Å². The zero-order chi connectivity index (χ0) is 36.2. The first-order chi connectivity index (χ1) is 25.1. The van der Waals surface area contributed by atoms with Crippen LogP contribution in [0.1, 0.15) is 37.3 Å². The summed E-state index contributed by atoms with van der Waals surface area (Å²) in [5.41, 5.74) is 2.60. The zero-order valence-electron chi connectivity index (χ0n) is 29.2. The third kappa shape index (κ3) is 5.66. The summed E-state index contributed by atoms with van der Waals surface area (Å²) in [6.07, 6.45) is 6.15. The summed E-state index contributed by atoms with van der Waals surface area (Å²) in [7, 11) is -0.576. The third-order valence-electron chi connectivity index (χ3n) is 10.9. The molecule has 2 atom stereocenters. The van der Waals surface area contributed by atoms with Crippen LogP contribution in [0.3, 0.4) is 0 Å². The average Bonchev–Trinajstić information content (AvgIpc) is 3.52. The number of aromatic nitrogens is 3. The second-order valence-electron chi connectivity index (χ2n) is 14.0. The van der Waals surface area contributed by atoms with Crippen LogP contribution in [-0.2, 0) is 14.6 Å². The number of hydrogen-bond acceptors (Lipinski definition) is 9. The number of rotatable bonds is 9. The number of likely N-dealkylation sites (tertiary alicyclic amines) is 1. The molecular weight excluding hydrogens is 686 g/mol. The van der Waals surface area contributed by atoms with Gasteiger partial charge in [-0.05, 0) is 80.6 Å². The number of aryl methyl sites for hydroxylation is 1. The van der Waals surface area contributed by atoms with Crippen molar-refractivity contribution in [1.82, 2.24) is 25.0 Å². The molecule has 3 aromatic carbocycles. The fourth-order valence-electron chi connectivity index (χ4n) is 8.20. The Bertz CT molecular complexity index is 2270. The largest absolute Gasteiger partial charge is 0.494 e. The van der Waals surface area contributed by atoms with Crippen molar-refractivity contribution >= 4 is 26.6 Å². The van der Waals surface area contributed by atoms with Crippen LogP contribution >= 0.6 is 0 Å². The van der Waals surface area contributed by atoms with E-state index in [0.717, 1.165) is 34.9 Å². The maximum atomic E-state index is 14.7. The monoisotopic (exact) mass is 725 g/mol. The summed E-state index contributed by atoms with van der Waals surface area (Å²) >= 11 is 0. The molecule has 1 unspecified atom stereocenters. The van der Waals surface area contributed by atoms with E-state index in [-0.39, 0.29) is 29.4 Å². The van der Waals surface area contributed by atoms with Gasteiger partial charge in [-0.1, -0.05) is 24.3 Å². The summed E-state index contributed by atoms with van der Waals surface area (Å²) in [5, 5.41) is 8.39. The Morgan fingerprint density at radius 3 is 2.42 bits per heavy atom. The Morgan fingerprint density at radius 1 is 0.962 bits per heavy atom. The number of nitrogens with zero attached hydrogens (tertiary/aromatic N) is 4. The number of nitrogens with one attached hydrogen (secondary N) is 1. The van der Waals surface area contributed by atoms with Gasteiger partial charge in [0.15, 0.2) is 27.1 Å². The number of carbonyl (C=O) groups excluding carboxylic acids is 1. The maximum Gasteiger partial charge on any atom is 0.225 e. The lowest BCUT2D eigenvalue weighted by Gasteiger charge is -2.59. The van der Waals surface area contributed by atoms with Gasteiger partial charge in [0, 0.05) is 42.7 Å². The molecule has 11 nitrogen and oxygen atoms in total. The van der Waals surface area contributed by atoms with E-state index in [1.165, 1.54) is 13.2 Å². The fraction of sp³-hybridized carbons (Fsp3) is 0.359. The number of carbonyl (C=O) groups is 1. The molecule has 52 heavy (non-hydrogen) atoms. The van der Waals surface area contributed by atoms with Crippen LogP contribution in [0.5, 0.6) is 23.0 Å². The second kappa shape index (κ2) is 13.2. The number of pyridine rings is 1.